The van der Waals surface area contributed by atoms with E-state index in [1.165, 1.54) is 5.56 Å². The van der Waals surface area contributed by atoms with Gasteiger partial charge in [0.1, 0.15) is 11.5 Å². The Labute approximate surface area is 92.4 Å². The Balaban J connectivity index is 2.93. The summed E-state index contributed by atoms with van der Waals surface area (Å²) in [6, 6.07) is 5.97. The van der Waals surface area contributed by atoms with E-state index in [1.807, 2.05) is 18.2 Å². The molecule has 0 saturated carbocycles. The molecule has 0 saturated heterocycles. The third-order valence-electron chi connectivity index (χ3n) is 1.79. The van der Waals surface area contributed by atoms with E-state index in [4.69, 9.17) is 9.47 Å². The van der Waals surface area contributed by atoms with Gasteiger partial charge in [0.05, 0.1) is 14.2 Å². The lowest BCUT2D eigenvalue weighted by Gasteiger charge is -2.06. The quantitative estimate of drug-likeness (QED) is 0.627. The van der Waals surface area contributed by atoms with Gasteiger partial charge in [-0.25, -0.2) is 0 Å². The molecule has 0 aliphatic carbocycles. The third kappa shape index (κ3) is 3.06. The summed E-state index contributed by atoms with van der Waals surface area (Å²) >= 11 is 2.36. The zero-order valence-corrected chi connectivity index (χ0v) is 10.00. The molecule has 0 fully saturated rings. The van der Waals surface area contributed by atoms with Crippen LogP contribution in [0.4, 0.5) is 0 Å². The van der Waals surface area contributed by atoms with Gasteiger partial charge in [-0.1, -0.05) is 22.6 Å². The summed E-state index contributed by atoms with van der Waals surface area (Å²) < 4.78 is 11.4. The Morgan fingerprint density at radius 3 is 2.00 bits per heavy atom. The first-order chi connectivity index (χ1) is 6.30. The van der Waals surface area contributed by atoms with Crippen molar-refractivity contribution < 1.29 is 9.47 Å². The molecule has 0 aromatic heterocycles. The van der Waals surface area contributed by atoms with E-state index in [0.29, 0.717) is 0 Å². The topological polar surface area (TPSA) is 18.5 Å². The molecule has 0 unspecified atom stereocenters. The van der Waals surface area contributed by atoms with Crippen LogP contribution in [0.2, 0.25) is 0 Å². The van der Waals surface area contributed by atoms with E-state index in [2.05, 4.69) is 22.6 Å². The summed E-state index contributed by atoms with van der Waals surface area (Å²) in [5.41, 5.74) is 1.26. The van der Waals surface area contributed by atoms with Crippen molar-refractivity contribution in [3.63, 3.8) is 0 Å². The van der Waals surface area contributed by atoms with Gasteiger partial charge < -0.3 is 9.47 Å². The van der Waals surface area contributed by atoms with Gasteiger partial charge in [-0.2, -0.15) is 0 Å². The van der Waals surface area contributed by atoms with E-state index in [9.17, 15) is 0 Å². The van der Waals surface area contributed by atoms with Gasteiger partial charge in [0.25, 0.3) is 0 Å². The van der Waals surface area contributed by atoms with Crippen molar-refractivity contribution in [3.05, 3.63) is 23.8 Å². The molecule has 0 atom stereocenters. The number of hydrogen-bond donors (Lipinski definition) is 0. The molecule has 1 aromatic carbocycles. The average Bonchev–Trinajstić information content (AvgIpc) is 2.17. The fourth-order valence-electron chi connectivity index (χ4n) is 1.12. The monoisotopic (exact) mass is 292 g/mol. The highest BCUT2D eigenvalue weighted by atomic mass is 127. The number of aryl methyl sites for hydroxylation is 1. The zero-order chi connectivity index (χ0) is 9.68. The van der Waals surface area contributed by atoms with Crippen molar-refractivity contribution in [3.8, 4) is 11.5 Å². The first-order valence-corrected chi connectivity index (χ1v) is 5.60. The standard InChI is InChI=1S/C10H13IO2/c1-12-9-5-8(3-4-11)6-10(7-9)13-2/h5-7H,3-4H2,1-2H3. The van der Waals surface area contributed by atoms with Gasteiger partial charge in [-0.15, -0.1) is 0 Å². The number of rotatable bonds is 4. The first-order valence-electron chi connectivity index (χ1n) is 4.08. The predicted octanol–water partition coefficient (Wildman–Crippen LogP) is 2.68. The average molecular weight is 292 g/mol. The summed E-state index contributed by atoms with van der Waals surface area (Å²) in [7, 11) is 3.34. The highest BCUT2D eigenvalue weighted by Gasteiger charge is 2.00. The van der Waals surface area contributed by atoms with Crippen molar-refractivity contribution >= 4 is 22.6 Å². The summed E-state index contributed by atoms with van der Waals surface area (Å²) in [5, 5.41) is 0. The first kappa shape index (κ1) is 10.6. The molecule has 0 amide bonds. The van der Waals surface area contributed by atoms with Crippen molar-refractivity contribution in [2.75, 3.05) is 18.6 Å². The van der Waals surface area contributed by atoms with Crippen LogP contribution in [0.1, 0.15) is 5.56 Å². The Hall–Kier alpha value is -0.450. The lowest BCUT2D eigenvalue weighted by atomic mass is 10.1. The van der Waals surface area contributed by atoms with E-state index >= 15 is 0 Å². The smallest absolute Gasteiger partial charge is 0.122 e. The molecule has 0 spiro atoms. The van der Waals surface area contributed by atoms with Crippen molar-refractivity contribution in [2.45, 2.75) is 6.42 Å². The number of alkyl halides is 1. The van der Waals surface area contributed by atoms with Crippen LogP contribution in [-0.4, -0.2) is 18.6 Å². The predicted molar refractivity (Wildman–Crippen MR) is 62.1 cm³/mol. The minimum atomic E-state index is 0.860. The van der Waals surface area contributed by atoms with E-state index in [1.54, 1.807) is 14.2 Å². The SMILES string of the molecule is COc1cc(CCI)cc(OC)c1. The van der Waals surface area contributed by atoms with Gasteiger partial charge in [-0.05, 0) is 24.1 Å². The van der Waals surface area contributed by atoms with Gasteiger partial charge in [-0.3, -0.25) is 0 Å². The molecule has 0 bridgehead atoms. The highest BCUT2D eigenvalue weighted by Crippen LogP contribution is 2.22. The van der Waals surface area contributed by atoms with E-state index in [-0.39, 0.29) is 0 Å². The van der Waals surface area contributed by atoms with Crippen LogP contribution < -0.4 is 9.47 Å². The zero-order valence-electron chi connectivity index (χ0n) is 7.84. The molecule has 2 nitrogen and oxygen atoms in total. The second-order valence-electron chi connectivity index (χ2n) is 2.66. The summed E-state index contributed by atoms with van der Waals surface area (Å²) in [4.78, 5) is 0. The molecule has 1 aromatic rings. The van der Waals surface area contributed by atoms with Gasteiger partial charge in [0.15, 0.2) is 0 Å². The van der Waals surface area contributed by atoms with Crippen LogP contribution in [0.3, 0.4) is 0 Å². The summed E-state index contributed by atoms with van der Waals surface area (Å²) in [5.74, 6) is 1.72. The number of halogens is 1. The number of methoxy groups -OCH3 is 2. The normalized spacial score (nSPS) is 9.77. The maximum absolute atomic E-state index is 5.16. The van der Waals surface area contributed by atoms with Gasteiger partial charge >= 0.3 is 0 Å². The molecule has 3 heteroatoms. The summed E-state index contributed by atoms with van der Waals surface area (Å²) in [6.45, 7) is 0. The van der Waals surface area contributed by atoms with Crippen LogP contribution in [0, 0.1) is 0 Å². The Kier molecular flexibility index (Phi) is 4.35. The minimum Gasteiger partial charge on any atom is -0.497 e. The molecule has 0 heterocycles. The molecule has 0 aliphatic heterocycles. The molecular weight excluding hydrogens is 279 g/mol. The summed E-state index contributed by atoms with van der Waals surface area (Å²) in [6.07, 6.45) is 1.05. The Morgan fingerprint density at radius 2 is 1.62 bits per heavy atom. The van der Waals surface area contributed by atoms with E-state index < -0.39 is 0 Å². The maximum Gasteiger partial charge on any atom is 0.122 e. The van der Waals surface area contributed by atoms with Gasteiger partial charge in [0, 0.05) is 10.5 Å². The minimum absolute atomic E-state index is 0.860. The molecule has 1 rings (SSSR count). The van der Waals surface area contributed by atoms with Crippen LogP contribution in [0.25, 0.3) is 0 Å². The number of hydrogen-bond acceptors (Lipinski definition) is 2. The van der Waals surface area contributed by atoms with Gasteiger partial charge in [0.2, 0.25) is 0 Å². The van der Waals surface area contributed by atoms with Crippen LogP contribution >= 0.6 is 22.6 Å². The third-order valence-corrected chi connectivity index (χ3v) is 2.33. The van der Waals surface area contributed by atoms with Crippen LogP contribution in [-0.2, 0) is 6.42 Å². The lowest BCUT2D eigenvalue weighted by molar-refractivity contribution is 0.393. The van der Waals surface area contributed by atoms with Crippen molar-refractivity contribution in [1.82, 2.24) is 0 Å². The maximum atomic E-state index is 5.16. The Morgan fingerprint density at radius 1 is 1.08 bits per heavy atom. The fourth-order valence-corrected chi connectivity index (χ4v) is 1.74. The lowest BCUT2D eigenvalue weighted by Crippen LogP contribution is -1.91. The molecule has 0 radical (unpaired) electrons. The fraction of sp³-hybridized carbons (Fsp3) is 0.400. The number of ether oxygens (including phenoxy) is 2. The van der Waals surface area contributed by atoms with Crippen molar-refractivity contribution in [1.29, 1.82) is 0 Å². The highest BCUT2D eigenvalue weighted by molar-refractivity contribution is 14.1. The van der Waals surface area contributed by atoms with Crippen LogP contribution in [0.15, 0.2) is 18.2 Å². The second kappa shape index (κ2) is 5.32. The second-order valence-corrected chi connectivity index (χ2v) is 3.74. The van der Waals surface area contributed by atoms with Crippen molar-refractivity contribution in [2.24, 2.45) is 0 Å². The molecule has 0 N–H and O–H groups in total. The largest absolute Gasteiger partial charge is 0.497 e. The molecular formula is C10H13IO2. The number of benzene rings is 1. The van der Waals surface area contributed by atoms with E-state index in [0.717, 1.165) is 22.3 Å². The molecule has 72 valence electrons. The van der Waals surface area contributed by atoms with Crippen LogP contribution in [0.5, 0.6) is 11.5 Å². The Bertz CT molecular complexity index is 251. The molecule has 0 aliphatic rings. The molecule has 13 heavy (non-hydrogen) atoms.